The van der Waals surface area contributed by atoms with Gasteiger partial charge in [-0.15, -0.1) is 0 Å². The molecule has 0 spiro atoms. The molecule has 2 heterocycles. The summed E-state index contributed by atoms with van der Waals surface area (Å²) < 4.78 is 4.87. The Kier molecular flexibility index (Phi) is 2.61. The fourth-order valence-electron chi connectivity index (χ4n) is 1.19. The highest BCUT2D eigenvalue weighted by Gasteiger charge is 2.26. The summed E-state index contributed by atoms with van der Waals surface area (Å²) in [4.78, 5) is 32.4. The van der Waals surface area contributed by atoms with E-state index in [0.717, 1.165) is 11.2 Å². The number of amides is 3. The van der Waals surface area contributed by atoms with E-state index in [1.807, 2.05) is 5.32 Å². The van der Waals surface area contributed by atoms with E-state index in [2.05, 4.69) is 5.10 Å². The lowest BCUT2D eigenvalue weighted by Gasteiger charge is -2.02. The minimum atomic E-state index is -1.20. The number of carboxylic acid groups (broad SMARTS) is 1. The van der Waals surface area contributed by atoms with Crippen LogP contribution in [0.15, 0.2) is 21.7 Å². The number of hydrogen-bond donors (Lipinski definition) is 2. The standard InChI is InChI=1S/C9H7N3O5/c13-7-4-12(9(16)11-7)10-3-5-1-2-6(17-5)8(14)15/h1-3H,4H2,(H,14,15)(H,11,13,16)/b10-3+. The topological polar surface area (TPSA) is 112 Å². The monoisotopic (exact) mass is 237 g/mol. The maximum absolute atomic E-state index is 11.1. The van der Waals surface area contributed by atoms with E-state index >= 15 is 0 Å². The molecular weight excluding hydrogens is 230 g/mol. The van der Waals surface area contributed by atoms with Crippen LogP contribution in [0, 0.1) is 0 Å². The summed E-state index contributed by atoms with van der Waals surface area (Å²) in [6.07, 6.45) is 1.16. The molecular formula is C9H7N3O5. The molecule has 1 saturated heterocycles. The van der Waals surface area contributed by atoms with Crippen molar-refractivity contribution in [2.24, 2.45) is 5.10 Å². The molecule has 0 bridgehead atoms. The molecule has 1 aliphatic heterocycles. The van der Waals surface area contributed by atoms with Crippen LogP contribution in [0.2, 0.25) is 0 Å². The molecule has 0 aliphatic carbocycles. The van der Waals surface area contributed by atoms with Gasteiger partial charge in [0, 0.05) is 0 Å². The molecule has 1 fully saturated rings. The number of aromatic carboxylic acids is 1. The predicted octanol–water partition coefficient (Wildman–Crippen LogP) is -0.136. The fourth-order valence-corrected chi connectivity index (χ4v) is 1.19. The lowest BCUT2D eigenvalue weighted by atomic mass is 10.4. The Hall–Kier alpha value is -2.64. The third-order valence-corrected chi connectivity index (χ3v) is 1.94. The van der Waals surface area contributed by atoms with Crippen LogP contribution in [0.25, 0.3) is 0 Å². The van der Waals surface area contributed by atoms with Gasteiger partial charge in [0.15, 0.2) is 0 Å². The van der Waals surface area contributed by atoms with Gasteiger partial charge in [0.2, 0.25) is 11.7 Å². The van der Waals surface area contributed by atoms with Crippen LogP contribution >= 0.6 is 0 Å². The molecule has 17 heavy (non-hydrogen) atoms. The van der Waals surface area contributed by atoms with Crippen LogP contribution < -0.4 is 5.32 Å². The van der Waals surface area contributed by atoms with E-state index in [0.29, 0.717) is 0 Å². The van der Waals surface area contributed by atoms with Gasteiger partial charge in [0.25, 0.3) is 0 Å². The number of carboxylic acids is 1. The SMILES string of the molecule is O=C1CN(/N=C/c2ccc(C(=O)O)o2)C(=O)N1. The number of urea groups is 1. The second-order valence-electron chi connectivity index (χ2n) is 3.16. The number of carbonyl (C=O) groups is 3. The van der Waals surface area contributed by atoms with E-state index in [-0.39, 0.29) is 18.1 Å². The van der Waals surface area contributed by atoms with Crippen molar-refractivity contribution >= 4 is 24.1 Å². The quantitative estimate of drug-likeness (QED) is 0.561. The van der Waals surface area contributed by atoms with Crippen molar-refractivity contribution < 1.29 is 23.9 Å². The molecule has 2 N–H and O–H groups in total. The molecule has 8 nitrogen and oxygen atoms in total. The van der Waals surface area contributed by atoms with Crippen molar-refractivity contribution in [2.45, 2.75) is 0 Å². The van der Waals surface area contributed by atoms with E-state index in [9.17, 15) is 14.4 Å². The summed E-state index contributed by atoms with van der Waals surface area (Å²) in [6.45, 7) is -0.165. The highest BCUT2D eigenvalue weighted by atomic mass is 16.4. The number of furan rings is 1. The Morgan fingerprint density at radius 2 is 2.29 bits per heavy atom. The molecule has 0 radical (unpaired) electrons. The first-order valence-electron chi connectivity index (χ1n) is 4.55. The molecule has 3 amide bonds. The second kappa shape index (κ2) is 4.08. The van der Waals surface area contributed by atoms with Crippen LogP contribution in [0.3, 0.4) is 0 Å². The normalized spacial score (nSPS) is 15.6. The smallest absolute Gasteiger partial charge is 0.371 e. The molecule has 0 saturated carbocycles. The van der Waals surface area contributed by atoms with Crippen LogP contribution in [0.5, 0.6) is 0 Å². The summed E-state index contributed by atoms with van der Waals surface area (Å²) in [5.74, 6) is -1.69. The zero-order valence-electron chi connectivity index (χ0n) is 8.41. The largest absolute Gasteiger partial charge is 0.475 e. The number of rotatable bonds is 3. The molecule has 0 atom stereocenters. The number of carbonyl (C=O) groups excluding carboxylic acids is 2. The molecule has 0 aromatic carbocycles. The average Bonchev–Trinajstić information content (AvgIpc) is 2.82. The van der Waals surface area contributed by atoms with Gasteiger partial charge >= 0.3 is 12.0 Å². The Morgan fingerprint density at radius 1 is 1.53 bits per heavy atom. The van der Waals surface area contributed by atoms with Gasteiger partial charge in [0.1, 0.15) is 12.3 Å². The van der Waals surface area contributed by atoms with E-state index in [1.165, 1.54) is 12.1 Å². The zero-order valence-corrected chi connectivity index (χ0v) is 8.41. The first-order chi connectivity index (χ1) is 8.06. The molecule has 2 rings (SSSR count). The molecule has 1 aromatic rings. The van der Waals surface area contributed by atoms with Gasteiger partial charge in [-0.1, -0.05) is 0 Å². The maximum atomic E-state index is 11.1. The van der Waals surface area contributed by atoms with Crippen LogP contribution in [-0.4, -0.2) is 40.8 Å². The molecule has 8 heteroatoms. The minimum Gasteiger partial charge on any atom is -0.475 e. The second-order valence-corrected chi connectivity index (χ2v) is 3.16. The minimum absolute atomic E-state index is 0.165. The van der Waals surface area contributed by atoms with Crippen molar-refractivity contribution in [3.05, 3.63) is 23.7 Å². The first kappa shape index (κ1) is 10.9. The van der Waals surface area contributed by atoms with Crippen molar-refractivity contribution in [1.29, 1.82) is 0 Å². The van der Waals surface area contributed by atoms with Gasteiger partial charge in [-0.2, -0.15) is 5.10 Å². The molecule has 0 unspecified atom stereocenters. The Morgan fingerprint density at radius 3 is 2.82 bits per heavy atom. The number of nitrogens with zero attached hydrogens (tertiary/aromatic N) is 2. The lowest BCUT2D eigenvalue weighted by molar-refractivity contribution is -0.118. The predicted molar refractivity (Wildman–Crippen MR) is 53.5 cm³/mol. The zero-order chi connectivity index (χ0) is 12.4. The van der Waals surface area contributed by atoms with Crippen LogP contribution in [-0.2, 0) is 4.79 Å². The molecule has 88 valence electrons. The number of nitrogens with one attached hydrogen (secondary N) is 1. The summed E-state index contributed by atoms with van der Waals surface area (Å²) in [5.41, 5.74) is 0. The van der Waals surface area contributed by atoms with Gasteiger partial charge < -0.3 is 9.52 Å². The molecule has 1 aliphatic rings. The van der Waals surface area contributed by atoms with Crippen molar-refractivity contribution in [2.75, 3.05) is 6.54 Å². The Labute approximate surface area is 94.5 Å². The third-order valence-electron chi connectivity index (χ3n) is 1.94. The third kappa shape index (κ3) is 2.30. The Bertz CT molecular complexity index is 518. The van der Waals surface area contributed by atoms with E-state index in [1.54, 1.807) is 0 Å². The van der Waals surface area contributed by atoms with Crippen molar-refractivity contribution in [3.63, 3.8) is 0 Å². The number of hydrogen-bond acceptors (Lipinski definition) is 5. The van der Waals surface area contributed by atoms with Crippen LogP contribution in [0.1, 0.15) is 16.3 Å². The number of hydrazone groups is 1. The van der Waals surface area contributed by atoms with Crippen LogP contribution in [0.4, 0.5) is 4.79 Å². The first-order valence-corrected chi connectivity index (χ1v) is 4.55. The van der Waals surface area contributed by atoms with Crippen molar-refractivity contribution in [1.82, 2.24) is 10.3 Å². The summed E-state index contributed by atoms with van der Waals surface area (Å²) >= 11 is 0. The van der Waals surface area contributed by atoms with Gasteiger partial charge in [0.05, 0.1) is 6.21 Å². The lowest BCUT2D eigenvalue weighted by Crippen LogP contribution is -2.24. The van der Waals surface area contributed by atoms with Gasteiger partial charge in [-0.05, 0) is 12.1 Å². The fraction of sp³-hybridized carbons (Fsp3) is 0.111. The van der Waals surface area contributed by atoms with Gasteiger partial charge in [-0.3, -0.25) is 10.1 Å². The highest BCUT2D eigenvalue weighted by molar-refractivity contribution is 6.02. The van der Waals surface area contributed by atoms with Crippen molar-refractivity contribution in [3.8, 4) is 0 Å². The Balaban J connectivity index is 2.07. The summed E-state index contributed by atoms with van der Waals surface area (Å²) in [5, 5.41) is 15.2. The van der Waals surface area contributed by atoms with Gasteiger partial charge in [-0.25, -0.2) is 14.6 Å². The maximum Gasteiger partial charge on any atom is 0.371 e. The number of imide groups is 1. The summed E-state index contributed by atoms with van der Waals surface area (Å²) in [6, 6.07) is 2.03. The molecule has 1 aromatic heterocycles. The van der Waals surface area contributed by atoms with E-state index < -0.39 is 17.9 Å². The summed E-state index contributed by atoms with van der Waals surface area (Å²) in [7, 11) is 0. The highest BCUT2D eigenvalue weighted by Crippen LogP contribution is 2.06. The van der Waals surface area contributed by atoms with E-state index in [4.69, 9.17) is 9.52 Å². The average molecular weight is 237 g/mol.